The highest BCUT2D eigenvalue weighted by molar-refractivity contribution is 5.97. The average Bonchev–Trinajstić information content (AvgIpc) is 2.62. The van der Waals surface area contributed by atoms with Gasteiger partial charge in [-0.2, -0.15) is 0 Å². The number of amides is 1. The first-order valence-corrected chi connectivity index (χ1v) is 7.57. The van der Waals surface area contributed by atoms with Gasteiger partial charge in [0.05, 0.1) is 13.7 Å². The maximum atomic E-state index is 12.3. The van der Waals surface area contributed by atoms with Crippen LogP contribution in [0.2, 0.25) is 0 Å². The van der Waals surface area contributed by atoms with Gasteiger partial charge in [0.25, 0.3) is 5.91 Å². The van der Waals surface area contributed by atoms with Crippen molar-refractivity contribution in [2.45, 2.75) is 13.1 Å². The second-order valence-electron chi connectivity index (χ2n) is 4.90. The van der Waals surface area contributed by atoms with Gasteiger partial charge in [-0.3, -0.25) is 4.79 Å². The molecular weight excluding hydrogens is 308 g/mol. The van der Waals surface area contributed by atoms with E-state index >= 15 is 0 Å². The molecular formula is C18H20N2O4. The van der Waals surface area contributed by atoms with Crippen LogP contribution in [-0.2, 0) is 9.53 Å². The molecule has 0 fully saturated rings. The van der Waals surface area contributed by atoms with Gasteiger partial charge in [0, 0.05) is 11.3 Å². The minimum absolute atomic E-state index is 0.223. The van der Waals surface area contributed by atoms with Crippen LogP contribution in [0.15, 0.2) is 54.6 Å². The topological polar surface area (TPSA) is 76.7 Å². The fourth-order valence-corrected chi connectivity index (χ4v) is 2.04. The van der Waals surface area contributed by atoms with Crippen LogP contribution in [0.5, 0.6) is 5.75 Å². The number of ether oxygens (including phenoxy) is 2. The zero-order valence-corrected chi connectivity index (χ0v) is 13.6. The molecule has 0 heterocycles. The molecule has 0 saturated carbocycles. The molecule has 0 aliphatic heterocycles. The van der Waals surface area contributed by atoms with Crippen molar-refractivity contribution in [1.29, 1.82) is 0 Å². The summed E-state index contributed by atoms with van der Waals surface area (Å²) in [5.41, 5.74) is 1.12. The van der Waals surface area contributed by atoms with E-state index in [2.05, 4.69) is 10.6 Å². The number of rotatable bonds is 7. The molecule has 2 rings (SSSR count). The van der Waals surface area contributed by atoms with E-state index in [-0.39, 0.29) is 12.5 Å². The number of hydrogen-bond acceptors (Lipinski definition) is 5. The fourth-order valence-electron chi connectivity index (χ4n) is 2.04. The highest BCUT2D eigenvalue weighted by Crippen LogP contribution is 2.15. The quantitative estimate of drug-likeness (QED) is 0.603. The molecule has 1 amide bonds. The van der Waals surface area contributed by atoms with Crippen molar-refractivity contribution in [3.8, 4) is 5.75 Å². The van der Waals surface area contributed by atoms with Crippen molar-refractivity contribution in [3.05, 3.63) is 60.2 Å². The summed E-state index contributed by atoms with van der Waals surface area (Å²) in [7, 11) is 1.57. The van der Waals surface area contributed by atoms with E-state index in [1.54, 1.807) is 62.6 Å². The number of carbonyl (C=O) groups excluding carboxylic acids is 2. The van der Waals surface area contributed by atoms with Crippen molar-refractivity contribution < 1.29 is 19.1 Å². The van der Waals surface area contributed by atoms with Crippen LogP contribution in [-0.4, -0.2) is 31.8 Å². The van der Waals surface area contributed by atoms with Gasteiger partial charge in [0.15, 0.2) is 6.17 Å². The Morgan fingerprint density at radius 3 is 2.29 bits per heavy atom. The summed E-state index contributed by atoms with van der Waals surface area (Å²) in [6.07, 6.45) is -0.994. The zero-order chi connectivity index (χ0) is 17.4. The second kappa shape index (κ2) is 8.57. The summed E-state index contributed by atoms with van der Waals surface area (Å²) < 4.78 is 10.1. The first-order chi connectivity index (χ1) is 11.6. The lowest BCUT2D eigenvalue weighted by Crippen LogP contribution is -2.47. The van der Waals surface area contributed by atoms with E-state index in [4.69, 9.17) is 9.47 Å². The maximum Gasteiger partial charge on any atom is 0.349 e. The molecule has 126 valence electrons. The summed E-state index contributed by atoms with van der Waals surface area (Å²) in [6.45, 7) is 1.93. The summed E-state index contributed by atoms with van der Waals surface area (Å²) in [4.78, 5) is 24.4. The van der Waals surface area contributed by atoms with E-state index in [9.17, 15) is 9.59 Å². The van der Waals surface area contributed by atoms with Crippen molar-refractivity contribution in [2.24, 2.45) is 0 Å². The number of anilines is 1. The van der Waals surface area contributed by atoms with Crippen LogP contribution in [0.4, 0.5) is 5.69 Å². The van der Waals surface area contributed by atoms with E-state index in [1.807, 2.05) is 6.07 Å². The second-order valence-corrected chi connectivity index (χ2v) is 4.90. The predicted molar refractivity (Wildman–Crippen MR) is 90.9 cm³/mol. The van der Waals surface area contributed by atoms with Gasteiger partial charge in [-0.25, -0.2) is 4.79 Å². The SMILES string of the molecule is CCOC(=O)C(NC(=O)c1ccccc1)Nc1ccc(OC)cc1. The van der Waals surface area contributed by atoms with Crippen LogP contribution in [0, 0.1) is 0 Å². The maximum absolute atomic E-state index is 12.3. The lowest BCUT2D eigenvalue weighted by molar-refractivity contribution is -0.144. The Hall–Kier alpha value is -3.02. The number of nitrogens with one attached hydrogen (secondary N) is 2. The monoisotopic (exact) mass is 328 g/mol. The Labute approximate surface area is 140 Å². The molecule has 6 heteroatoms. The van der Waals surface area contributed by atoms with Crippen molar-refractivity contribution in [3.63, 3.8) is 0 Å². The van der Waals surface area contributed by atoms with Crippen LogP contribution < -0.4 is 15.4 Å². The van der Waals surface area contributed by atoms with Gasteiger partial charge >= 0.3 is 5.97 Å². The number of carbonyl (C=O) groups is 2. The first kappa shape index (κ1) is 17.3. The summed E-state index contributed by atoms with van der Waals surface area (Å²) in [5.74, 6) is -0.228. The average molecular weight is 328 g/mol. The molecule has 24 heavy (non-hydrogen) atoms. The Bertz CT molecular complexity index is 671. The molecule has 6 nitrogen and oxygen atoms in total. The normalized spacial score (nSPS) is 11.2. The molecule has 0 aromatic heterocycles. The van der Waals surface area contributed by atoms with Crippen LogP contribution >= 0.6 is 0 Å². The summed E-state index contributed by atoms with van der Waals surface area (Å²) >= 11 is 0. The molecule has 2 N–H and O–H groups in total. The molecule has 0 spiro atoms. The van der Waals surface area contributed by atoms with Crippen LogP contribution in [0.1, 0.15) is 17.3 Å². The molecule has 0 bridgehead atoms. The van der Waals surface area contributed by atoms with Gasteiger partial charge < -0.3 is 20.1 Å². The Kier molecular flexibility index (Phi) is 6.19. The Morgan fingerprint density at radius 1 is 1.04 bits per heavy atom. The van der Waals surface area contributed by atoms with E-state index in [0.717, 1.165) is 0 Å². The van der Waals surface area contributed by atoms with E-state index in [0.29, 0.717) is 17.0 Å². The third kappa shape index (κ3) is 4.74. The molecule has 1 atom stereocenters. The van der Waals surface area contributed by atoms with Gasteiger partial charge in [0.1, 0.15) is 5.75 Å². The predicted octanol–water partition coefficient (Wildman–Crippen LogP) is 2.43. The minimum atomic E-state index is -0.994. The van der Waals surface area contributed by atoms with Crippen LogP contribution in [0.25, 0.3) is 0 Å². The fraction of sp³-hybridized carbons (Fsp3) is 0.222. The Balaban J connectivity index is 2.11. The third-order valence-corrected chi connectivity index (χ3v) is 3.23. The smallest absolute Gasteiger partial charge is 0.349 e. The Morgan fingerprint density at radius 2 is 1.71 bits per heavy atom. The van der Waals surface area contributed by atoms with E-state index in [1.165, 1.54) is 0 Å². The lowest BCUT2D eigenvalue weighted by Gasteiger charge is -2.20. The highest BCUT2D eigenvalue weighted by atomic mass is 16.5. The van der Waals surface area contributed by atoms with Crippen molar-refractivity contribution in [1.82, 2.24) is 5.32 Å². The van der Waals surface area contributed by atoms with Crippen molar-refractivity contribution >= 4 is 17.6 Å². The van der Waals surface area contributed by atoms with Gasteiger partial charge in [-0.05, 0) is 43.3 Å². The lowest BCUT2D eigenvalue weighted by atomic mass is 10.2. The zero-order valence-electron chi connectivity index (χ0n) is 13.6. The van der Waals surface area contributed by atoms with Crippen molar-refractivity contribution in [2.75, 3.05) is 19.0 Å². The highest BCUT2D eigenvalue weighted by Gasteiger charge is 2.22. The van der Waals surface area contributed by atoms with E-state index < -0.39 is 12.1 Å². The molecule has 0 aliphatic rings. The molecule has 2 aromatic carbocycles. The molecule has 0 saturated heterocycles. The summed E-state index contributed by atoms with van der Waals surface area (Å²) in [5, 5.41) is 5.59. The third-order valence-electron chi connectivity index (χ3n) is 3.23. The summed E-state index contributed by atoms with van der Waals surface area (Å²) in [6, 6.07) is 15.7. The standard InChI is InChI=1S/C18H20N2O4/c1-3-24-18(22)16(19-14-9-11-15(23-2)12-10-14)20-17(21)13-7-5-4-6-8-13/h4-12,16,19H,3H2,1-2H3,(H,20,21). The number of esters is 1. The van der Waals surface area contributed by atoms with Crippen LogP contribution in [0.3, 0.4) is 0 Å². The van der Waals surface area contributed by atoms with Gasteiger partial charge in [0.2, 0.25) is 0 Å². The van der Waals surface area contributed by atoms with Gasteiger partial charge in [-0.1, -0.05) is 18.2 Å². The molecule has 1 unspecified atom stereocenters. The molecule has 2 aromatic rings. The minimum Gasteiger partial charge on any atom is -0.497 e. The number of hydrogen-bond donors (Lipinski definition) is 2. The molecule has 0 radical (unpaired) electrons. The number of benzene rings is 2. The number of methoxy groups -OCH3 is 1. The van der Waals surface area contributed by atoms with Gasteiger partial charge in [-0.15, -0.1) is 0 Å². The largest absolute Gasteiger partial charge is 0.497 e. The molecule has 0 aliphatic carbocycles. The first-order valence-electron chi connectivity index (χ1n) is 7.57.